The second-order valence-electron chi connectivity index (χ2n) is 7.66. The zero-order valence-electron chi connectivity index (χ0n) is 18.3. The van der Waals surface area contributed by atoms with Gasteiger partial charge in [0.25, 0.3) is 16.8 Å². The number of nitro benzene ring substituents is 1. The van der Waals surface area contributed by atoms with Gasteiger partial charge in [-0.3, -0.25) is 29.4 Å². The van der Waals surface area contributed by atoms with Gasteiger partial charge in [0.05, 0.1) is 15.5 Å². The van der Waals surface area contributed by atoms with Crippen LogP contribution in [-0.2, 0) is 9.59 Å². The number of nitro groups is 1. The molecule has 3 amide bonds. The summed E-state index contributed by atoms with van der Waals surface area (Å²) in [7, 11) is 0. The van der Waals surface area contributed by atoms with E-state index in [0.29, 0.717) is 17.1 Å². The number of hydrogen-bond donors (Lipinski definition) is 1. The minimum absolute atomic E-state index is 0.0626. The lowest BCUT2D eigenvalue weighted by Gasteiger charge is -2.15. The molecule has 1 saturated heterocycles. The fourth-order valence-electron chi connectivity index (χ4n) is 3.61. The van der Waals surface area contributed by atoms with Crippen LogP contribution in [0.1, 0.15) is 16.8 Å². The normalized spacial score (nSPS) is 14.6. The molecular weight excluding hydrogens is 456 g/mol. The van der Waals surface area contributed by atoms with E-state index in [1.165, 1.54) is 18.2 Å². The lowest BCUT2D eigenvalue weighted by atomic mass is 10.1. The van der Waals surface area contributed by atoms with E-state index < -0.39 is 28.5 Å². The average Bonchev–Trinajstić information content (AvgIpc) is 3.36. The Morgan fingerprint density at radius 2 is 1.79 bits per heavy atom. The number of nitrogens with zero attached hydrogens (tertiary/aromatic N) is 3. The largest absolute Gasteiger partial charge is 0.324 e. The van der Waals surface area contributed by atoms with Crippen LogP contribution in [0.4, 0.5) is 16.2 Å². The molecule has 3 aromatic rings. The maximum Gasteiger partial charge on any atom is 0.294 e. The lowest BCUT2D eigenvalue weighted by Crippen LogP contribution is -2.36. The molecule has 1 aliphatic rings. The molecule has 172 valence electrons. The van der Waals surface area contributed by atoms with Gasteiger partial charge >= 0.3 is 0 Å². The summed E-state index contributed by atoms with van der Waals surface area (Å²) in [4.78, 5) is 49.6. The number of benzene rings is 2. The molecule has 1 aliphatic heterocycles. The van der Waals surface area contributed by atoms with Crippen LogP contribution < -0.4 is 5.32 Å². The van der Waals surface area contributed by atoms with Gasteiger partial charge in [0, 0.05) is 29.7 Å². The molecule has 2 aromatic carbocycles. The zero-order valence-corrected chi connectivity index (χ0v) is 19.2. The Bertz CT molecular complexity index is 1340. The fraction of sp³-hybridized carbons (Fsp3) is 0.125. The van der Waals surface area contributed by atoms with Crippen molar-refractivity contribution >= 4 is 46.3 Å². The Morgan fingerprint density at radius 1 is 1.09 bits per heavy atom. The second-order valence-corrected chi connectivity index (χ2v) is 8.66. The molecule has 0 aliphatic carbocycles. The smallest absolute Gasteiger partial charge is 0.294 e. The number of carbonyl (C=O) groups is 3. The highest BCUT2D eigenvalue weighted by atomic mass is 32.2. The molecule has 34 heavy (non-hydrogen) atoms. The van der Waals surface area contributed by atoms with Crippen LogP contribution in [0, 0.1) is 24.0 Å². The van der Waals surface area contributed by atoms with Gasteiger partial charge < -0.3 is 9.88 Å². The van der Waals surface area contributed by atoms with E-state index >= 15 is 0 Å². The fourth-order valence-corrected chi connectivity index (χ4v) is 4.43. The maximum absolute atomic E-state index is 12.9. The summed E-state index contributed by atoms with van der Waals surface area (Å²) < 4.78 is 1.68. The molecule has 0 saturated carbocycles. The molecule has 9 nitrogen and oxygen atoms in total. The molecule has 10 heteroatoms. The first-order valence-electron chi connectivity index (χ1n) is 10.3. The Morgan fingerprint density at radius 3 is 2.50 bits per heavy atom. The third-order valence-electron chi connectivity index (χ3n) is 5.30. The molecule has 0 atom stereocenters. The topological polar surface area (TPSA) is 115 Å². The van der Waals surface area contributed by atoms with Gasteiger partial charge in [-0.1, -0.05) is 24.3 Å². The minimum atomic E-state index is -0.571. The third kappa shape index (κ3) is 4.62. The zero-order chi connectivity index (χ0) is 24.4. The number of rotatable bonds is 6. The Balaban J connectivity index is 1.53. The van der Waals surface area contributed by atoms with Crippen LogP contribution in [0.5, 0.6) is 0 Å². The molecule has 0 unspecified atom stereocenters. The first kappa shape index (κ1) is 23.0. The molecule has 0 radical (unpaired) electrons. The van der Waals surface area contributed by atoms with Crippen molar-refractivity contribution in [3.8, 4) is 5.69 Å². The summed E-state index contributed by atoms with van der Waals surface area (Å²) in [6, 6.07) is 15.1. The number of nitrogens with one attached hydrogen (secondary N) is 1. The van der Waals surface area contributed by atoms with E-state index in [9.17, 15) is 24.5 Å². The van der Waals surface area contributed by atoms with Crippen LogP contribution in [0.25, 0.3) is 11.8 Å². The molecule has 0 bridgehead atoms. The van der Waals surface area contributed by atoms with Crippen molar-refractivity contribution in [2.75, 3.05) is 11.9 Å². The standard InChI is InChI=1S/C24H20N4O5S/c1-15-6-3-7-16(2)22(15)25-21(29)14-27-23(30)20(34-24(27)31)13-18-10-5-11-26(18)17-8-4-9-19(12-17)28(32)33/h3-13H,14H2,1-2H3,(H,25,29)/b20-13-. The van der Waals surface area contributed by atoms with E-state index in [-0.39, 0.29) is 10.6 Å². The monoisotopic (exact) mass is 476 g/mol. The predicted molar refractivity (Wildman–Crippen MR) is 130 cm³/mol. The molecule has 1 aromatic heterocycles. The number of amides is 3. The van der Waals surface area contributed by atoms with Crippen molar-refractivity contribution in [2.45, 2.75) is 13.8 Å². The average molecular weight is 477 g/mol. The highest BCUT2D eigenvalue weighted by Crippen LogP contribution is 2.33. The number of thioether (sulfide) groups is 1. The lowest BCUT2D eigenvalue weighted by molar-refractivity contribution is -0.384. The van der Waals surface area contributed by atoms with Gasteiger partial charge in [0.2, 0.25) is 5.91 Å². The van der Waals surface area contributed by atoms with Gasteiger partial charge in [0.1, 0.15) is 6.54 Å². The third-order valence-corrected chi connectivity index (χ3v) is 6.21. The number of hydrogen-bond acceptors (Lipinski definition) is 6. The Kier molecular flexibility index (Phi) is 6.33. The SMILES string of the molecule is Cc1cccc(C)c1NC(=O)CN1C(=O)S/C(=C\c2cccn2-c2cccc([N+](=O)[O-])c2)C1=O. The van der Waals surface area contributed by atoms with Crippen LogP contribution >= 0.6 is 11.8 Å². The highest BCUT2D eigenvalue weighted by Gasteiger charge is 2.36. The van der Waals surface area contributed by atoms with E-state index in [1.54, 1.807) is 35.0 Å². The number of non-ortho nitro benzene ring substituents is 1. The number of carbonyl (C=O) groups excluding carboxylic acids is 3. The van der Waals surface area contributed by atoms with Gasteiger partial charge in [-0.05, 0) is 61.0 Å². The van der Waals surface area contributed by atoms with E-state index in [4.69, 9.17) is 0 Å². The van der Waals surface area contributed by atoms with Crippen molar-refractivity contribution < 1.29 is 19.3 Å². The van der Waals surface area contributed by atoms with Gasteiger partial charge in [-0.25, -0.2) is 0 Å². The summed E-state index contributed by atoms with van der Waals surface area (Å²) >= 11 is 0.744. The first-order chi connectivity index (χ1) is 16.2. The minimum Gasteiger partial charge on any atom is -0.324 e. The quantitative estimate of drug-likeness (QED) is 0.314. The van der Waals surface area contributed by atoms with Crippen LogP contribution in [-0.4, -0.2) is 38.0 Å². The molecular formula is C24H20N4O5S. The number of aryl methyl sites for hydroxylation is 2. The second kappa shape index (κ2) is 9.36. The van der Waals surface area contributed by atoms with Crippen LogP contribution in [0.2, 0.25) is 0 Å². The molecule has 4 rings (SSSR count). The van der Waals surface area contributed by atoms with Crippen LogP contribution in [0.3, 0.4) is 0 Å². The molecule has 2 heterocycles. The first-order valence-corrected chi connectivity index (χ1v) is 11.1. The number of aromatic nitrogens is 1. The summed E-state index contributed by atoms with van der Waals surface area (Å²) in [6.07, 6.45) is 3.24. The number of imide groups is 1. The van der Waals surface area contributed by atoms with Gasteiger partial charge in [0.15, 0.2) is 0 Å². The predicted octanol–water partition coefficient (Wildman–Crippen LogP) is 4.68. The van der Waals surface area contributed by atoms with Gasteiger partial charge in [-0.15, -0.1) is 0 Å². The van der Waals surface area contributed by atoms with E-state index in [0.717, 1.165) is 27.8 Å². The van der Waals surface area contributed by atoms with Crippen LogP contribution in [0.15, 0.2) is 65.7 Å². The van der Waals surface area contributed by atoms with Crippen molar-refractivity contribution in [3.05, 3.63) is 92.6 Å². The molecule has 1 fully saturated rings. The van der Waals surface area contributed by atoms with Crippen molar-refractivity contribution in [2.24, 2.45) is 0 Å². The maximum atomic E-state index is 12.9. The van der Waals surface area contributed by atoms with Gasteiger partial charge in [-0.2, -0.15) is 0 Å². The number of para-hydroxylation sites is 1. The molecule has 0 spiro atoms. The highest BCUT2D eigenvalue weighted by molar-refractivity contribution is 8.18. The van der Waals surface area contributed by atoms with Crippen molar-refractivity contribution in [1.29, 1.82) is 0 Å². The summed E-state index contributed by atoms with van der Waals surface area (Å²) in [5, 5.41) is 13.3. The van der Waals surface area contributed by atoms with Crippen molar-refractivity contribution in [1.82, 2.24) is 9.47 Å². The Labute approximate surface area is 199 Å². The Hall–Kier alpha value is -4.18. The number of anilines is 1. The van der Waals surface area contributed by atoms with E-state index in [1.807, 2.05) is 32.0 Å². The van der Waals surface area contributed by atoms with E-state index in [2.05, 4.69) is 5.32 Å². The summed E-state index contributed by atoms with van der Waals surface area (Å²) in [5.41, 5.74) is 3.45. The molecule has 1 N–H and O–H groups in total. The summed E-state index contributed by atoms with van der Waals surface area (Å²) in [5.74, 6) is -1.04. The summed E-state index contributed by atoms with van der Waals surface area (Å²) in [6.45, 7) is 3.32. The van der Waals surface area contributed by atoms with Crippen molar-refractivity contribution in [3.63, 3.8) is 0 Å².